The fourth-order valence-electron chi connectivity index (χ4n) is 2.26. The Hall–Kier alpha value is -2.85. The van der Waals surface area contributed by atoms with Crippen LogP contribution in [0.3, 0.4) is 0 Å². The maximum absolute atomic E-state index is 12.4. The molecular formula is C17H18N2O5. The van der Waals surface area contributed by atoms with E-state index in [1.54, 1.807) is 23.1 Å². The molecule has 1 fully saturated rings. The first-order chi connectivity index (χ1) is 11.5. The summed E-state index contributed by atoms with van der Waals surface area (Å²) in [5.74, 6) is -0.171. The Labute approximate surface area is 140 Å². The van der Waals surface area contributed by atoms with Gasteiger partial charge in [-0.25, -0.2) is 0 Å². The largest absolute Gasteiger partial charge is 0.493 e. The van der Waals surface area contributed by atoms with Crippen molar-refractivity contribution in [2.24, 2.45) is 0 Å². The molecule has 1 aliphatic heterocycles. The van der Waals surface area contributed by atoms with Gasteiger partial charge in [0.1, 0.15) is 11.6 Å². The lowest BCUT2D eigenvalue weighted by molar-refractivity contribution is -0.132. The van der Waals surface area contributed by atoms with E-state index in [-0.39, 0.29) is 17.2 Å². The molecule has 0 radical (unpaired) electrons. The van der Waals surface area contributed by atoms with E-state index in [4.69, 9.17) is 14.2 Å². The highest BCUT2D eigenvalue weighted by Gasteiger charge is 2.20. The third kappa shape index (κ3) is 4.33. The minimum Gasteiger partial charge on any atom is -0.493 e. The fourth-order valence-corrected chi connectivity index (χ4v) is 2.26. The summed E-state index contributed by atoms with van der Waals surface area (Å²) in [5.41, 5.74) is 0.625. The van der Waals surface area contributed by atoms with Crippen molar-refractivity contribution < 1.29 is 23.8 Å². The molecule has 0 aromatic heterocycles. The van der Waals surface area contributed by atoms with Crippen molar-refractivity contribution in [3.8, 4) is 17.6 Å². The number of carbonyl (C=O) groups is 2. The SMILES string of the molecule is COc1cc(/C=C(\C#N)C(=O)N2CCOCC2)ccc1OC(C)=O. The van der Waals surface area contributed by atoms with Crippen LogP contribution < -0.4 is 9.47 Å². The molecule has 7 nitrogen and oxygen atoms in total. The van der Waals surface area contributed by atoms with Gasteiger partial charge in [-0.2, -0.15) is 5.26 Å². The summed E-state index contributed by atoms with van der Waals surface area (Å²) >= 11 is 0. The first-order valence-corrected chi connectivity index (χ1v) is 7.40. The number of nitrogens with zero attached hydrogens (tertiary/aromatic N) is 2. The third-order valence-electron chi connectivity index (χ3n) is 3.40. The number of hydrogen-bond acceptors (Lipinski definition) is 6. The second-order valence-electron chi connectivity index (χ2n) is 5.08. The number of hydrogen-bond donors (Lipinski definition) is 0. The first kappa shape index (κ1) is 17.5. The number of methoxy groups -OCH3 is 1. The van der Waals surface area contributed by atoms with Gasteiger partial charge in [-0.05, 0) is 23.8 Å². The number of rotatable bonds is 4. The molecule has 0 atom stereocenters. The minimum atomic E-state index is -0.461. The lowest BCUT2D eigenvalue weighted by Crippen LogP contribution is -2.41. The summed E-state index contributed by atoms with van der Waals surface area (Å²) in [4.78, 5) is 25.0. The smallest absolute Gasteiger partial charge is 0.308 e. The van der Waals surface area contributed by atoms with Gasteiger partial charge in [0, 0.05) is 20.0 Å². The van der Waals surface area contributed by atoms with Crippen LogP contribution >= 0.6 is 0 Å². The summed E-state index contributed by atoms with van der Waals surface area (Å²) in [6.07, 6.45) is 1.48. The van der Waals surface area contributed by atoms with Crippen LogP contribution in [0, 0.1) is 11.3 Å². The standard InChI is InChI=1S/C17H18N2O5/c1-12(20)24-15-4-3-13(10-16(15)22-2)9-14(11-18)17(21)19-5-7-23-8-6-19/h3-4,9-10H,5-8H2,1-2H3/b14-9+. The molecule has 1 aromatic carbocycles. The summed E-state index contributed by atoms with van der Waals surface area (Å²) in [6, 6.07) is 6.73. The summed E-state index contributed by atoms with van der Waals surface area (Å²) in [6.45, 7) is 3.16. The molecule has 0 unspecified atom stereocenters. The molecule has 1 heterocycles. The summed E-state index contributed by atoms with van der Waals surface area (Å²) in [7, 11) is 1.44. The zero-order valence-corrected chi connectivity index (χ0v) is 13.6. The van der Waals surface area contributed by atoms with Crippen LogP contribution in [0.25, 0.3) is 6.08 Å². The molecule has 0 spiro atoms. The molecule has 7 heteroatoms. The highest BCUT2D eigenvalue weighted by atomic mass is 16.6. The number of esters is 1. The second kappa shape index (κ2) is 8.13. The van der Waals surface area contributed by atoms with Crippen LogP contribution in [-0.2, 0) is 14.3 Å². The average molecular weight is 330 g/mol. The monoisotopic (exact) mass is 330 g/mol. The summed E-state index contributed by atoms with van der Waals surface area (Å²) in [5, 5.41) is 9.29. The van der Waals surface area contributed by atoms with Crippen LogP contribution in [0.2, 0.25) is 0 Å². The van der Waals surface area contributed by atoms with Crippen molar-refractivity contribution >= 4 is 18.0 Å². The van der Waals surface area contributed by atoms with E-state index < -0.39 is 5.97 Å². The fraction of sp³-hybridized carbons (Fsp3) is 0.353. The van der Waals surface area contributed by atoms with Gasteiger partial charge in [0.2, 0.25) is 0 Å². The van der Waals surface area contributed by atoms with E-state index in [9.17, 15) is 14.9 Å². The van der Waals surface area contributed by atoms with Crippen molar-refractivity contribution in [2.75, 3.05) is 33.4 Å². The van der Waals surface area contributed by atoms with Gasteiger partial charge in [-0.3, -0.25) is 9.59 Å². The van der Waals surface area contributed by atoms with Crippen molar-refractivity contribution in [3.05, 3.63) is 29.3 Å². The molecule has 0 saturated carbocycles. The molecule has 1 amide bonds. The van der Waals surface area contributed by atoms with E-state index in [2.05, 4.69) is 0 Å². The number of morpholine rings is 1. The Balaban J connectivity index is 2.25. The molecule has 1 saturated heterocycles. The van der Waals surface area contributed by atoms with Gasteiger partial charge < -0.3 is 19.1 Å². The topological polar surface area (TPSA) is 88.9 Å². The van der Waals surface area contributed by atoms with Crippen LogP contribution in [-0.4, -0.2) is 50.2 Å². The third-order valence-corrected chi connectivity index (χ3v) is 3.40. The van der Waals surface area contributed by atoms with Crippen molar-refractivity contribution in [3.63, 3.8) is 0 Å². The van der Waals surface area contributed by atoms with Crippen LogP contribution in [0.15, 0.2) is 23.8 Å². The molecule has 126 valence electrons. The molecule has 0 N–H and O–H groups in total. The zero-order chi connectivity index (χ0) is 17.5. The minimum absolute atomic E-state index is 0.0270. The van der Waals surface area contributed by atoms with Crippen LogP contribution in [0.1, 0.15) is 12.5 Å². The van der Waals surface area contributed by atoms with Gasteiger partial charge >= 0.3 is 5.97 Å². The predicted molar refractivity (Wildman–Crippen MR) is 85.3 cm³/mol. The Kier molecular flexibility index (Phi) is 5.93. The molecular weight excluding hydrogens is 312 g/mol. The van der Waals surface area contributed by atoms with Gasteiger partial charge in [0.05, 0.1) is 20.3 Å². The zero-order valence-electron chi connectivity index (χ0n) is 13.6. The van der Waals surface area contributed by atoms with E-state index in [0.717, 1.165) is 0 Å². The number of benzene rings is 1. The van der Waals surface area contributed by atoms with Crippen molar-refractivity contribution in [2.45, 2.75) is 6.92 Å². The number of nitriles is 1. The molecule has 0 bridgehead atoms. The second-order valence-corrected chi connectivity index (χ2v) is 5.08. The summed E-state index contributed by atoms with van der Waals surface area (Å²) < 4.78 is 15.4. The number of amides is 1. The Bertz CT molecular complexity index is 699. The van der Waals surface area contributed by atoms with Crippen molar-refractivity contribution in [1.82, 2.24) is 4.90 Å². The van der Waals surface area contributed by atoms with E-state index >= 15 is 0 Å². The average Bonchev–Trinajstić information content (AvgIpc) is 2.60. The van der Waals surface area contributed by atoms with Crippen LogP contribution in [0.5, 0.6) is 11.5 Å². The molecule has 1 aromatic rings. The quantitative estimate of drug-likeness (QED) is 0.359. The molecule has 0 aliphatic carbocycles. The highest BCUT2D eigenvalue weighted by Crippen LogP contribution is 2.29. The van der Waals surface area contributed by atoms with Gasteiger partial charge in [0.15, 0.2) is 11.5 Å². The Morgan fingerprint density at radius 3 is 2.58 bits per heavy atom. The van der Waals surface area contributed by atoms with Crippen LogP contribution in [0.4, 0.5) is 0 Å². The normalized spacial score (nSPS) is 14.7. The first-order valence-electron chi connectivity index (χ1n) is 7.40. The lowest BCUT2D eigenvalue weighted by atomic mass is 10.1. The Morgan fingerprint density at radius 2 is 2.00 bits per heavy atom. The maximum Gasteiger partial charge on any atom is 0.308 e. The van der Waals surface area contributed by atoms with Crippen molar-refractivity contribution in [1.29, 1.82) is 5.26 Å². The molecule has 24 heavy (non-hydrogen) atoms. The van der Waals surface area contributed by atoms with Gasteiger partial charge in [-0.1, -0.05) is 6.07 Å². The number of ether oxygens (including phenoxy) is 3. The highest BCUT2D eigenvalue weighted by molar-refractivity contribution is 6.01. The van der Waals surface area contributed by atoms with E-state index in [1.165, 1.54) is 20.1 Å². The number of carbonyl (C=O) groups excluding carboxylic acids is 2. The van der Waals surface area contributed by atoms with Gasteiger partial charge in [-0.15, -0.1) is 0 Å². The molecule has 1 aliphatic rings. The predicted octanol–water partition coefficient (Wildman–Crippen LogP) is 1.39. The lowest BCUT2D eigenvalue weighted by Gasteiger charge is -2.26. The van der Waals surface area contributed by atoms with E-state index in [0.29, 0.717) is 37.6 Å². The Morgan fingerprint density at radius 1 is 1.29 bits per heavy atom. The van der Waals surface area contributed by atoms with Gasteiger partial charge in [0.25, 0.3) is 5.91 Å². The van der Waals surface area contributed by atoms with E-state index in [1.807, 2.05) is 6.07 Å². The maximum atomic E-state index is 12.4. The molecule has 2 rings (SSSR count).